The van der Waals surface area contributed by atoms with E-state index < -0.39 is 0 Å². The average Bonchev–Trinajstić information content (AvgIpc) is 2.39. The first-order valence-electron chi connectivity index (χ1n) is 6.07. The molecule has 2 aromatic rings. The van der Waals surface area contributed by atoms with Gasteiger partial charge in [0.2, 0.25) is 0 Å². The van der Waals surface area contributed by atoms with Crippen molar-refractivity contribution in [3.8, 4) is 5.75 Å². The number of pyridine rings is 1. The van der Waals surface area contributed by atoms with E-state index in [1.54, 1.807) is 12.1 Å². The molecule has 2 rings (SSSR count). The minimum Gasteiger partial charge on any atom is -0.508 e. The van der Waals surface area contributed by atoms with Gasteiger partial charge in [-0.1, -0.05) is 18.2 Å². The lowest BCUT2D eigenvalue weighted by Gasteiger charge is -2.17. The second-order valence-electron chi connectivity index (χ2n) is 4.42. The number of likely N-dealkylation sites (N-methyl/N-ethyl adjacent to an activating group) is 1. The number of benzene rings is 1. The molecule has 94 valence electrons. The summed E-state index contributed by atoms with van der Waals surface area (Å²) >= 11 is 0. The highest BCUT2D eigenvalue weighted by Gasteiger charge is 2.13. The third-order valence-corrected chi connectivity index (χ3v) is 3.10. The molecule has 0 aliphatic carbocycles. The summed E-state index contributed by atoms with van der Waals surface area (Å²) in [7, 11) is 1.94. The maximum absolute atomic E-state index is 9.28. The Bertz CT molecular complexity index is 508. The number of rotatable bonds is 4. The number of phenols is 1. The van der Waals surface area contributed by atoms with Crippen molar-refractivity contribution in [1.29, 1.82) is 0 Å². The Morgan fingerprint density at radius 3 is 2.56 bits per heavy atom. The molecular formula is C15H18N2O. The van der Waals surface area contributed by atoms with Crippen molar-refractivity contribution in [1.82, 2.24) is 10.3 Å². The van der Waals surface area contributed by atoms with E-state index in [2.05, 4.69) is 23.3 Å². The van der Waals surface area contributed by atoms with Crippen molar-refractivity contribution in [3.63, 3.8) is 0 Å². The number of hydrogen-bond acceptors (Lipinski definition) is 3. The molecule has 0 fully saturated rings. The first kappa shape index (κ1) is 12.6. The zero-order valence-electron chi connectivity index (χ0n) is 10.7. The lowest BCUT2D eigenvalue weighted by Crippen LogP contribution is -2.21. The molecule has 0 aliphatic rings. The van der Waals surface area contributed by atoms with E-state index in [1.807, 2.05) is 31.4 Å². The Morgan fingerprint density at radius 1 is 1.22 bits per heavy atom. The van der Waals surface area contributed by atoms with Crippen LogP contribution in [0.25, 0.3) is 0 Å². The lowest BCUT2D eigenvalue weighted by atomic mass is 10.00. The predicted molar refractivity (Wildman–Crippen MR) is 72.6 cm³/mol. The fourth-order valence-electron chi connectivity index (χ4n) is 2.07. The summed E-state index contributed by atoms with van der Waals surface area (Å²) in [6.07, 6.45) is 2.68. The Hall–Kier alpha value is -1.87. The summed E-state index contributed by atoms with van der Waals surface area (Å²) in [5, 5.41) is 12.6. The molecule has 18 heavy (non-hydrogen) atoms. The largest absolute Gasteiger partial charge is 0.508 e. The number of aromatic hydroxyl groups is 1. The van der Waals surface area contributed by atoms with Gasteiger partial charge in [0.25, 0.3) is 0 Å². The Balaban J connectivity index is 2.20. The van der Waals surface area contributed by atoms with Crippen molar-refractivity contribution >= 4 is 0 Å². The Morgan fingerprint density at radius 2 is 1.94 bits per heavy atom. The van der Waals surface area contributed by atoms with Crippen LogP contribution in [0.5, 0.6) is 5.75 Å². The minimum atomic E-state index is 0.191. The number of nitrogens with one attached hydrogen (secondary N) is 1. The van der Waals surface area contributed by atoms with Crippen LogP contribution in [0, 0.1) is 6.92 Å². The highest BCUT2D eigenvalue weighted by molar-refractivity contribution is 5.28. The number of phenolic OH excluding ortho intramolecular Hbond substituents is 1. The zero-order chi connectivity index (χ0) is 13.0. The monoisotopic (exact) mass is 242 g/mol. The summed E-state index contributed by atoms with van der Waals surface area (Å²) < 4.78 is 0. The SMILES string of the molecule is CNC(Cc1ccc(O)cc1)c1ncccc1C. The third kappa shape index (κ3) is 2.87. The summed E-state index contributed by atoms with van der Waals surface area (Å²) in [6, 6.07) is 11.5. The molecule has 0 spiro atoms. The molecule has 2 N–H and O–H groups in total. The van der Waals surface area contributed by atoms with Crippen molar-refractivity contribution < 1.29 is 5.11 Å². The van der Waals surface area contributed by atoms with Gasteiger partial charge in [-0.25, -0.2) is 0 Å². The normalized spacial score (nSPS) is 12.3. The molecule has 1 heterocycles. The van der Waals surface area contributed by atoms with Gasteiger partial charge in [-0.2, -0.15) is 0 Å². The first-order valence-corrected chi connectivity index (χ1v) is 6.07. The predicted octanol–water partition coefficient (Wildman–Crippen LogP) is 2.60. The van der Waals surface area contributed by atoms with Gasteiger partial charge in [0.1, 0.15) is 5.75 Å². The molecule has 1 atom stereocenters. The van der Waals surface area contributed by atoms with Crippen molar-refractivity contribution in [3.05, 3.63) is 59.4 Å². The summed E-state index contributed by atoms with van der Waals surface area (Å²) in [5.41, 5.74) is 3.45. The van der Waals surface area contributed by atoms with Gasteiger partial charge in [-0.15, -0.1) is 0 Å². The Labute approximate surface area is 108 Å². The number of hydrogen-bond donors (Lipinski definition) is 2. The molecular weight excluding hydrogens is 224 g/mol. The van der Waals surface area contributed by atoms with Crippen LogP contribution in [0.3, 0.4) is 0 Å². The molecule has 1 unspecified atom stereocenters. The van der Waals surface area contributed by atoms with E-state index in [4.69, 9.17) is 0 Å². The van der Waals surface area contributed by atoms with Gasteiger partial charge in [-0.3, -0.25) is 4.98 Å². The van der Waals surface area contributed by atoms with Crippen LogP contribution in [0.1, 0.15) is 22.9 Å². The minimum absolute atomic E-state index is 0.191. The van der Waals surface area contributed by atoms with E-state index >= 15 is 0 Å². The van der Waals surface area contributed by atoms with Crippen LogP contribution < -0.4 is 5.32 Å². The zero-order valence-corrected chi connectivity index (χ0v) is 10.7. The van der Waals surface area contributed by atoms with Gasteiger partial charge in [0, 0.05) is 6.20 Å². The van der Waals surface area contributed by atoms with Gasteiger partial charge in [0.05, 0.1) is 11.7 Å². The van der Waals surface area contributed by atoms with Crippen LogP contribution >= 0.6 is 0 Å². The van der Waals surface area contributed by atoms with Crippen molar-refractivity contribution in [2.24, 2.45) is 0 Å². The van der Waals surface area contributed by atoms with Crippen LogP contribution in [0.2, 0.25) is 0 Å². The van der Waals surface area contributed by atoms with Gasteiger partial charge < -0.3 is 10.4 Å². The van der Waals surface area contributed by atoms with Crippen LogP contribution in [0.4, 0.5) is 0 Å². The number of nitrogens with zero attached hydrogens (tertiary/aromatic N) is 1. The summed E-state index contributed by atoms with van der Waals surface area (Å²) in [6.45, 7) is 2.07. The number of aryl methyl sites for hydroxylation is 1. The number of aromatic nitrogens is 1. The maximum atomic E-state index is 9.28. The lowest BCUT2D eigenvalue weighted by molar-refractivity contribution is 0.474. The smallest absolute Gasteiger partial charge is 0.115 e. The molecule has 0 aliphatic heterocycles. The fraction of sp³-hybridized carbons (Fsp3) is 0.267. The van der Waals surface area contributed by atoms with Crippen LogP contribution in [0.15, 0.2) is 42.6 Å². The average molecular weight is 242 g/mol. The van der Waals surface area contributed by atoms with Gasteiger partial charge >= 0.3 is 0 Å². The molecule has 0 amide bonds. The Kier molecular flexibility index (Phi) is 3.95. The molecule has 3 heteroatoms. The summed E-state index contributed by atoms with van der Waals surface area (Å²) in [5.74, 6) is 0.300. The second kappa shape index (κ2) is 5.65. The highest BCUT2D eigenvalue weighted by Crippen LogP contribution is 2.20. The molecule has 1 aromatic heterocycles. The maximum Gasteiger partial charge on any atom is 0.115 e. The van der Waals surface area contributed by atoms with Crippen LogP contribution in [-0.2, 0) is 6.42 Å². The molecule has 0 bridgehead atoms. The molecule has 0 saturated heterocycles. The fourth-order valence-corrected chi connectivity index (χ4v) is 2.07. The van der Waals surface area contributed by atoms with E-state index in [9.17, 15) is 5.11 Å². The van der Waals surface area contributed by atoms with E-state index in [0.29, 0.717) is 5.75 Å². The van der Waals surface area contributed by atoms with E-state index in [-0.39, 0.29) is 6.04 Å². The topological polar surface area (TPSA) is 45.1 Å². The molecule has 3 nitrogen and oxygen atoms in total. The quantitative estimate of drug-likeness (QED) is 0.866. The van der Waals surface area contributed by atoms with E-state index in [0.717, 1.165) is 12.1 Å². The standard InChI is InChI=1S/C15H18N2O/c1-11-4-3-9-17-15(11)14(16-2)10-12-5-7-13(18)8-6-12/h3-9,14,16,18H,10H2,1-2H3. The second-order valence-corrected chi connectivity index (χ2v) is 4.42. The van der Waals surface area contributed by atoms with E-state index in [1.165, 1.54) is 11.1 Å². The van der Waals surface area contributed by atoms with Gasteiger partial charge in [0.15, 0.2) is 0 Å². The molecule has 0 saturated carbocycles. The summed E-state index contributed by atoms with van der Waals surface area (Å²) in [4.78, 5) is 4.45. The molecule has 1 aromatic carbocycles. The highest BCUT2D eigenvalue weighted by atomic mass is 16.3. The molecule has 0 radical (unpaired) electrons. The van der Waals surface area contributed by atoms with Crippen LogP contribution in [-0.4, -0.2) is 17.1 Å². The van der Waals surface area contributed by atoms with Crippen molar-refractivity contribution in [2.75, 3.05) is 7.05 Å². The van der Waals surface area contributed by atoms with Gasteiger partial charge in [-0.05, 0) is 49.7 Å². The third-order valence-electron chi connectivity index (χ3n) is 3.10. The first-order chi connectivity index (χ1) is 8.70. The van der Waals surface area contributed by atoms with Crippen molar-refractivity contribution in [2.45, 2.75) is 19.4 Å².